The molecule has 14 heteroatoms. The molecular formula is C38H48N8O6. The van der Waals surface area contributed by atoms with E-state index in [9.17, 15) is 14.4 Å². The van der Waals surface area contributed by atoms with E-state index in [4.69, 9.17) is 4.89 Å². The number of benzene rings is 2. The van der Waals surface area contributed by atoms with Gasteiger partial charge in [-0.05, 0) is 53.9 Å². The normalized spacial score (nSPS) is 16.2. The molecule has 14 nitrogen and oxygen atoms in total. The number of rotatable bonds is 14. The average molecular weight is 713 g/mol. The number of H-pyrrole nitrogens is 2. The van der Waals surface area contributed by atoms with Crippen LogP contribution in [0.5, 0.6) is 0 Å². The lowest BCUT2D eigenvalue weighted by atomic mass is 10.0. The molecule has 1 aliphatic rings. The van der Waals surface area contributed by atoms with Crippen LogP contribution in [0.2, 0.25) is 0 Å². The van der Waals surface area contributed by atoms with Gasteiger partial charge in [0.15, 0.2) is 0 Å². The van der Waals surface area contributed by atoms with Gasteiger partial charge in [-0.1, -0.05) is 76.2 Å². The molecule has 3 amide bonds. The molecule has 52 heavy (non-hydrogen) atoms. The van der Waals surface area contributed by atoms with Crippen LogP contribution >= 0.6 is 0 Å². The number of methoxy groups -OCH3 is 1. The van der Waals surface area contributed by atoms with E-state index in [1.807, 2.05) is 57.8 Å². The summed E-state index contributed by atoms with van der Waals surface area (Å²) in [6.07, 6.45) is 5.78. The fourth-order valence-electron chi connectivity index (χ4n) is 6.27. The quantitative estimate of drug-likeness (QED) is 0.0534. The van der Waals surface area contributed by atoms with Crippen molar-refractivity contribution in [1.29, 1.82) is 0 Å². The number of nitrogens with one attached hydrogen (secondary N) is 4. The second-order valence-electron chi connectivity index (χ2n) is 13.5. The first-order valence-electron chi connectivity index (χ1n) is 17.5. The highest BCUT2D eigenvalue weighted by molar-refractivity contribution is 5.86. The molecular weight excluding hydrogens is 664 g/mol. The lowest BCUT2D eigenvalue weighted by molar-refractivity contribution is -0.188. The standard InChI is InChI=1S/C38H48N8O6/c1-22(2)32(45-38(49)50-6)36(47)42-24(5)34-39-19-29(43-34)27-14-10-25(11-15-27)26-12-16-28(17-13-26)30-20-40-35(44-30)31-9-8-18-46(31)37(48)33(23(3)4)41-21-52-51-7/h10-17,19-24,31-33H,8-9,18H2,1-7H3,(H,39,43)(H,40,44)(H,42,47)(H,45,49)/b41-21-/t24-,31+,32+,33+/m1/s1. The third-order valence-electron chi connectivity index (χ3n) is 9.19. The summed E-state index contributed by atoms with van der Waals surface area (Å²) < 4.78 is 4.66. The van der Waals surface area contributed by atoms with Crippen LogP contribution in [-0.2, 0) is 24.1 Å². The Balaban J connectivity index is 1.22. The van der Waals surface area contributed by atoms with Crippen molar-refractivity contribution >= 4 is 24.3 Å². The molecule has 1 fully saturated rings. The van der Waals surface area contributed by atoms with Crippen LogP contribution in [0.3, 0.4) is 0 Å². The minimum atomic E-state index is -0.741. The molecule has 1 aliphatic heterocycles. The Morgan fingerprint density at radius 3 is 2.02 bits per heavy atom. The van der Waals surface area contributed by atoms with Crippen LogP contribution in [0.25, 0.3) is 33.6 Å². The van der Waals surface area contributed by atoms with E-state index in [2.05, 4.69) is 81.6 Å². The number of likely N-dealkylation sites (tertiary alicyclic amines) is 1. The van der Waals surface area contributed by atoms with Crippen molar-refractivity contribution in [3.8, 4) is 33.6 Å². The van der Waals surface area contributed by atoms with Gasteiger partial charge >= 0.3 is 6.09 Å². The van der Waals surface area contributed by atoms with Gasteiger partial charge in [-0.25, -0.2) is 19.8 Å². The highest BCUT2D eigenvalue weighted by atomic mass is 17.2. The molecule has 1 saturated heterocycles. The fraction of sp³-hybridized carbons (Fsp3) is 0.421. The van der Waals surface area contributed by atoms with Crippen molar-refractivity contribution in [3.05, 3.63) is 72.6 Å². The SMILES string of the molecule is COO/C=N\[C@H](C(=O)N1CCC[C@H]1c1ncc(-c2ccc(-c3ccc(-c4cnc([C@@H](C)NC(=O)[C@@H](NC(=O)OC)C(C)C)[nH]4)cc3)cc2)[nH]1)C(C)C. The van der Waals surface area contributed by atoms with Crippen LogP contribution in [0.1, 0.15) is 71.2 Å². The third-order valence-corrected chi connectivity index (χ3v) is 9.19. The first-order valence-corrected chi connectivity index (χ1v) is 17.5. The van der Waals surface area contributed by atoms with Crippen LogP contribution in [0, 0.1) is 11.8 Å². The zero-order chi connectivity index (χ0) is 37.4. The Morgan fingerprint density at radius 2 is 1.44 bits per heavy atom. The van der Waals surface area contributed by atoms with Crippen LogP contribution in [0.15, 0.2) is 65.9 Å². The first-order chi connectivity index (χ1) is 25.0. The second-order valence-corrected chi connectivity index (χ2v) is 13.5. The van der Waals surface area contributed by atoms with Gasteiger partial charge < -0.3 is 35.1 Å². The van der Waals surface area contributed by atoms with Gasteiger partial charge in [0.05, 0.1) is 50.1 Å². The van der Waals surface area contributed by atoms with E-state index in [1.54, 1.807) is 6.20 Å². The predicted octanol–water partition coefficient (Wildman–Crippen LogP) is 5.99. The van der Waals surface area contributed by atoms with Crippen molar-refractivity contribution in [3.63, 3.8) is 0 Å². The molecule has 0 saturated carbocycles. The molecule has 4 atom stereocenters. The maximum absolute atomic E-state index is 13.5. The average Bonchev–Trinajstić information content (AvgIpc) is 3.93. The van der Waals surface area contributed by atoms with Gasteiger partial charge in [0.25, 0.3) is 0 Å². The van der Waals surface area contributed by atoms with Crippen molar-refractivity contribution in [2.24, 2.45) is 16.8 Å². The van der Waals surface area contributed by atoms with Gasteiger partial charge in [0.2, 0.25) is 18.2 Å². The largest absolute Gasteiger partial charge is 0.453 e. The van der Waals surface area contributed by atoms with Gasteiger partial charge in [0.1, 0.15) is 23.7 Å². The molecule has 0 aliphatic carbocycles. The van der Waals surface area contributed by atoms with Crippen molar-refractivity contribution < 1.29 is 28.9 Å². The zero-order valence-electron chi connectivity index (χ0n) is 30.7. The molecule has 0 bridgehead atoms. The summed E-state index contributed by atoms with van der Waals surface area (Å²) in [6.45, 7) is 10.1. The molecule has 2 aromatic heterocycles. The summed E-state index contributed by atoms with van der Waals surface area (Å²) in [5, 5.41) is 5.50. The summed E-state index contributed by atoms with van der Waals surface area (Å²) in [4.78, 5) is 69.6. The number of ether oxygens (including phenoxy) is 1. The number of amides is 3. The molecule has 276 valence electrons. The topological polar surface area (TPSA) is 176 Å². The van der Waals surface area contributed by atoms with E-state index in [-0.39, 0.29) is 29.7 Å². The lowest BCUT2D eigenvalue weighted by Gasteiger charge is -2.27. The van der Waals surface area contributed by atoms with E-state index >= 15 is 0 Å². The molecule has 4 aromatic rings. The Morgan fingerprint density at radius 1 is 0.846 bits per heavy atom. The van der Waals surface area contributed by atoms with Crippen molar-refractivity contribution in [2.45, 2.75) is 71.6 Å². The highest BCUT2D eigenvalue weighted by Crippen LogP contribution is 2.34. The number of carbonyl (C=O) groups excluding carboxylic acids is 3. The Bertz CT molecular complexity index is 1830. The van der Waals surface area contributed by atoms with Gasteiger partial charge in [-0.2, -0.15) is 4.89 Å². The van der Waals surface area contributed by atoms with Gasteiger partial charge in [-0.15, -0.1) is 0 Å². The second kappa shape index (κ2) is 17.1. The van der Waals surface area contributed by atoms with E-state index in [1.165, 1.54) is 20.6 Å². The predicted molar refractivity (Wildman–Crippen MR) is 197 cm³/mol. The fourth-order valence-corrected chi connectivity index (χ4v) is 6.27. The maximum Gasteiger partial charge on any atom is 0.407 e. The molecule has 2 aromatic carbocycles. The number of alkyl carbamates (subject to hydrolysis) is 1. The van der Waals surface area contributed by atoms with E-state index < -0.39 is 24.2 Å². The number of aromatic amines is 2. The summed E-state index contributed by atoms with van der Waals surface area (Å²) in [5.41, 5.74) is 5.74. The Kier molecular flexibility index (Phi) is 12.4. The molecule has 0 unspecified atom stereocenters. The van der Waals surface area contributed by atoms with Crippen LogP contribution in [0.4, 0.5) is 4.79 Å². The van der Waals surface area contributed by atoms with Crippen molar-refractivity contribution in [2.75, 3.05) is 20.8 Å². The molecule has 0 spiro atoms. The molecule has 5 rings (SSSR count). The van der Waals surface area contributed by atoms with E-state index in [0.717, 1.165) is 52.3 Å². The lowest BCUT2D eigenvalue weighted by Crippen LogP contribution is -2.50. The monoisotopic (exact) mass is 712 g/mol. The van der Waals surface area contributed by atoms with Crippen LogP contribution < -0.4 is 10.6 Å². The molecule has 3 heterocycles. The third kappa shape index (κ3) is 8.86. The number of imidazole rings is 2. The van der Waals surface area contributed by atoms with Crippen LogP contribution in [-0.4, -0.2) is 82.0 Å². The number of carbonyl (C=O) groups is 3. The molecule has 4 N–H and O–H groups in total. The summed E-state index contributed by atoms with van der Waals surface area (Å²) in [5.74, 6) is 0.833. The van der Waals surface area contributed by atoms with E-state index in [0.29, 0.717) is 12.4 Å². The van der Waals surface area contributed by atoms with Gasteiger partial charge in [-0.3, -0.25) is 9.59 Å². The minimum absolute atomic E-state index is 0.0107. The summed E-state index contributed by atoms with van der Waals surface area (Å²) >= 11 is 0. The van der Waals surface area contributed by atoms with Crippen molar-refractivity contribution in [1.82, 2.24) is 35.5 Å². The summed E-state index contributed by atoms with van der Waals surface area (Å²) in [6, 6.07) is 14.5. The zero-order valence-corrected chi connectivity index (χ0v) is 30.7. The number of aliphatic imine (C=N–C) groups is 1. The highest BCUT2D eigenvalue weighted by Gasteiger charge is 2.36. The number of nitrogens with zero attached hydrogens (tertiary/aromatic N) is 4. The smallest absolute Gasteiger partial charge is 0.407 e. The number of hydrogen-bond acceptors (Lipinski definition) is 9. The number of hydrogen-bond donors (Lipinski definition) is 4. The minimum Gasteiger partial charge on any atom is -0.453 e. The Hall–Kier alpha value is -5.50. The molecule has 0 radical (unpaired) electrons. The maximum atomic E-state index is 13.5. The first kappa shape index (κ1) is 37.7. The summed E-state index contributed by atoms with van der Waals surface area (Å²) in [7, 11) is 2.65. The Labute approximate surface area is 303 Å². The number of aromatic nitrogens is 4. The van der Waals surface area contributed by atoms with Gasteiger partial charge in [0, 0.05) is 6.54 Å².